The molecule has 3 aromatic rings. The molecule has 0 amide bonds. The van der Waals surface area contributed by atoms with Crippen LogP contribution in [0.2, 0.25) is 5.02 Å². The summed E-state index contributed by atoms with van der Waals surface area (Å²) in [6.07, 6.45) is 3.14. The Hall–Kier alpha value is -2.33. The molecule has 0 aliphatic rings. The average molecular weight is 304 g/mol. The van der Waals surface area contributed by atoms with E-state index in [9.17, 15) is 13.6 Å². The normalized spacial score (nSPS) is 10.8. The summed E-state index contributed by atoms with van der Waals surface area (Å²) in [5, 5.41) is 1.02. The highest BCUT2D eigenvalue weighted by molar-refractivity contribution is 6.31. The maximum atomic E-state index is 13.9. The molecule has 0 saturated heterocycles. The average Bonchev–Trinajstić information content (AvgIpc) is 2.49. The number of ketones is 1. The monoisotopic (exact) mass is 303 g/mol. The van der Waals surface area contributed by atoms with Crippen molar-refractivity contribution in [2.24, 2.45) is 0 Å². The molecular weight excluding hydrogens is 296 g/mol. The van der Waals surface area contributed by atoms with Crippen LogP contribution in [0.4, 0.5) is 8.78 Å². The summed E-state index contributed by atoms with van der Waals surface area (Å²) >= 11 is 5.50. The van der Waals surface area contributed by atoms with Crippen LogP contribution in [0.25, 0.3) is 10.8 Å². The van der Waals surface area contributed by atoms with Crippen LogP contribution in [0.1, 0.15) is 15.9 Å². The molecule has 2 aromatic carbocycles. The van der Waals surface area contributed by atoms with Gasteiger partial charge in [-0.05, 0) is 23.6 Å². The molecule has 0 fully saturated rings. The van der Waals surface area contributed by atoms with Crippen LogP contribution in [-0.2, 0) is 0 Å². The van der Waals surface area contributed by atoms with Crippen LogP contribution in [0.15, 0.2) is 48.8 Å². The van der Waals surface area contributed by atoms with Gasteiger partial charge in [-0.25, -0.2) is 8.78 Å². The van der Waals surface area contributed by atoms with E-state index in [0.29, 0.717) is 5.39 Å². The van der Waals surface area contributed by atoms with E-state index in [1.807, 2.05) is 0 Å². The molecule has 0 unspecified atom stereocenters. The highest BCUT2D eigenvalue weighted by Gasteiger charge is 2.18. The predicted molar refractivity (Wildman–Crippen MR) is 76.5 cm³/mol. The van der Waals surface area contributed by atoms with E-state index < -0.39 is 17.4 Å². The van der Waals surface area contributed by atoms with Gasteiger partial charge in [-0.2, -0.15) is 0 Å². The number of hydrogen-bond donors (Lipinski definition) is 0. The van der Waals surface area contributed by atoms with Crippen molar-refractivity contribution in [1.29, 1.82) is 0 Å². The number of fused-ring (bicyclic) bond motifs is 1. The number of carbonyl (C=O) groups is 1. The zero-order valence-electron chi connectivity index (χ0n) is 10.6. The summed E-state index contributed by atoms with van der Waals surface area (Å²) in [6.45, 7) is 0. The van der Waals surface area contributed by atoms with Crippen LogP contribution >= 0.6 is 11.6 Å². The highest BCUT2D eigenvalue weighted by atomic mass is 35.5. The van der Waals surface area contributed by atoms with E-state index in [-0.39, 0.29) is 16.1 Å². The lowest BCUT2D eigenvalue weighted by atomic mass is 9.98. The molecule has 1 aromatic heterocycles. The minimum absolute atomic E-state index is 0.288. The Balaban J connectivity index is 2.20. The highest BCUT2D eigenvalue weighted by Crippen LogP contribution is 2.25. The Kier molecular flexibility index (Phi) is 3.39. The standard InChI is InChI=1S/C16H8ClF2NO/c17-13-7-14(18)12(6-15(13)19)16(21)11-3-1-2-9-8-20-5-4-10(9)11/h1-8H. The second-order valence-electron chi connectivity index (χ2n) is 4.48. The molecule has 2 nitrogen and oxygen atoms in total. The smallest absolute Gasteiger partial charge is 0.196 e. The van der Waals surface area contributed by atoms with Crippen LogP contribution in [0.3, 0.4) is 0 Å². The van der Waals surface area contributed by atoms with Gasteiger partial charge >= 0.3 is 0 Å². The summed E-state index contributed by atoms with van der Waals surface area (Å²) in [4.78, 5) is 16.4. The number of aromatic nitrogens is 1. The second-order valence-corrected chi connectivity index (χ2v) is 4.88. The lowest BCUT2D eigenvalue weighted by Gasteiger charge is -2.07. The summed E-state index contributed by atoms with van der Waals surface area (Å²) in [5.41, 5.74) is -0.0586. The van der Waals surface area contributed by atoms with Gasteiger partial charge in [0.05, 0.1) is 10.6 Å². The number of halogens is 3. The van der Waals surface area contributed by atoms with Gasteiger partial charge in [0, 0.05) is 23.3 Å². The van der Waals surface area contributed by atoms with E-state index in [2.05, 4.69) is 4.98 Å². The molecule has 0 spiro atoms. The number of pyridine rings is 1. The van der Waals surface area contributed by atoms with Crippen LogP contribution < -0.4 is 0 Å². The Bertz CT molecular complexity index is 859. The predicted octanol–water partition coefficient (Wildman–Crippen LogP) is 4.40. The van der Waals surface area contributed by atoms with E-state index in [1.54, 1.807) is 30.5 Å². The van der Waals surface area contributed by atoms with Crippen molar-refractivity contribution >= 4 is 28.2 Å². The fourth-order valence-corrected chi connectivity index (χ4v) is 2.31. The summed E-state index contributed by atoms with van der Waals surface area (Å²) in [6, 6.07) is 8.31. The molecule has 0 atom stereocenters. The first kappa shape index (κ1) is 13.6. The summed E-state index contributed by atoms with van der Waals surface area (Å²) in [5.74, 6) is -2.28. The molecule has 21 heavy (non-hydrogen) atoms. The Morgan fingerprint density at radius 1 is 1.05 bits per heavy atom. The van der Waals surface area contributed by atoms with Gasteiger partial charge in [0.2, 0.25) is 0 Å². The van der Waals surface area contributed by atoms with E-state index in [4.69, 9.17) is 11.6 Å². The molecule has 0 saturated carbocycles. The molecule has 5 heteroatoms. The van der Waals surface area contributed by atoms with Crippen LogP contribution in [-0.4, -0.2) is 10.8 Å². The van der Waals surface area contributed by atoms with Gasteiger partial charge < -0.3 is 0 Å². The first-order valence-corrected chi connectivity index (χ1v) is 6.47. The zero-order valence-corrected chi connectivity index (χ0v) is 11.4. The number of rotatable bonds is 2. The van der Waals surface area contributed by atoms with Crippen molar-refractivity contribution in [1.82, 2.24) is 4.98 Å². The molecule has 1 heterocycles. The van der Waals surface area contributed by atoms with Crippen LogP contribution in [0.5, 0.6) is 0 Å². The fraction of sp³-hybridized carbons (Fsp3) is 0. The number of benzene rings is 2. The molecular formula is C16H8ClF2NO. The van der Waals surface area contributed by atoms with Crippen molar-refractivity contribution in [3.8, 4) is 0 Å². The van der Waals surface area contributed by atoms with E-state index in [1.165, 1.54) is 6.20 Å². The number of carbonyl (C=O) groups excluding carboxylic acids is 1. The second kappa shape index (κ2) is 5.22. The van der Waals surface area contributed by atoms with Gasteiger partial charge in [-0.3, -0.25) is 9.78 Å². The third-order valence-electron chi connectivity index (χ3n) is 3.18. The topological polar surface area (TPSA) is 30.0 Å². The largest absolute Gasteiger partial charge is 0.288 e. The maximum absolute atomic E-state index is 13.9. The molecule has 3 rings (SSSR count). The van der Waals surface area contributed by atoms with E-state index >= 15 is 0 Å². The van der Waals surface area contributed by atoms with Crippen molar-refractivity contribution in [3.63, 3.8) is 0 Å². The first-order chi connectivity index (χ1) is 10.1. The lowest BCUT2D eigenvalue weighted by Crippen LogP contribution is -2.06. The Morgan fingerprint density at radius 2 is 1.86 bits per heavy atom. The van der Waals surface area contributed by atoms with E-state index in [0.717, 1.165) is 17.5 Å². The maximum Gasteiger partial charge on any atom is 0.196 e. The lowest BCUT2D eigenvalue weighted by molar-refractivity contribution is 0.103. The van der Waals surface area contributed by atoms with Crippen LogP contribution in [0, 0.1) is 11.6 Å². The summed E-state index contributed by atoms with van der Waals surface area (Å²) in [7, 11) is 0. The minimum Gasteiger partial charge on any atom is -0.288 e. The quantitative estimate of drug-likeness (QED) is 0.519. The third kappa shape index (κ3) is 2.38. The Labute approximate surface area is 124 Å². The first-order valence-electron chi connectivity index (χ1n) is 6.10. The van der Waals surface area contributed by atoms with Crippen molar-refractivity contribution in [2.45, 2.75) is 0 Å². The number of hydrogen-bond acceptors (Lipinski definition) is 2. The SMILES string of the molecule is O=C(c1cc(F)c(Cl)cc1F)c1cccc2cnccc12. The molecule has 0 bridgehead atoms. The van der Waals surface area contributed by atoms with Gasteiger partial charge in [-0.1, -0.05) is 29.8 Å². The molecule has 0 aliphatic heterocycles. The minimum atomic E-state index is -0.850. The third-order valence-corrected chi connectivity index (χ3v) is 3.47. The molecule has 0 aliphatic carbocycles. The van der Waals surface area contributed by atoms with Gasteiger partial charge in [0.25, 0.3) is 0 Å². The van der Waals surface area contributed by atoms with Crippen molar-refractivity contribution in [3.05, 3.63) is 76.6 Å². The van der Waals surface area contributed by atoms with Gasteiger partial charge in [0.1, 0.15) is 11.6 Å². The molecule has 0 radical (unpaired) electrons. The van der Waals surface area contributed by atoms with Crippen molar-refractivity contribution < 1.29 is 13.6 Å². The van der Waals surface area contributed by atoms with Crippen molar-refractivity contribution in [2.75, 3.05) is 0 Å². The van der Waals surface area contributed by atoms with Gasteiger partial charge in [-0.15, -0.1) is 0 Å². The zero-order chi connectivity index (χ0) is 15.0. The van der Waals surface area contributed by atoms with Gasteiger partial charge in [0.15, 0.2) is 5.78 Å². The number of nitrogens with zero attached hydrogens (tertiary/aromatic N) is 1. The Morgan fingerprint density at radius 3 is 2.67 bits per heavy atom. The summed E-state index contributed by atoms with van der Waals surface area (Å²) < 4.78 is 27.4. The molecule has 104 valence electrons. The fourth-order valence-electron chi connectivity index (χ4n) is 2.16. The molecule has 0 N–H and O–H groups in total.